The van der Waals surface area contributed by atoms with E-state index in [2.05, 4.69) is 0 Å². The average molecular weight is 277 g/mol. The first kappa shape index (κ1) is 13.9. The second-order valence-corrected chi connectivity index (χ2v) is 4.44. The van der Waals surface area contributed by atoms with E-state index < -0.39 is 11.9 Å². The predicted octanol–water partition coefficient (Wildman–Crippen LogP) is 1.30. The van der Waals surface area contributed by atoms with Gasteiger partial charge in [-0.25, -0.2) is 9.59 Å². The van der Waals surface area contributed by atoms with Gasteiger partial charge in [0.2, 0.25) is 0 Å². The van der Waals surface area contributed by atoms with Gasteiger partial charge in [-0.15, -0.1) is 0 Å². The molecule has 0 saturated heterocycles. The van der Waals surface area contributed by atoms with Crippen LogP contribution in [-0.2, 0) is 9.53 Å². The highest BCUT2D eigenvalue weighted by Crippen LogP contribution is 2.36. The minimum Gasteiger partial charge on any atom is -0.493 e. The van der Waals surface area contributed by atoms with Gasteiger partial charge in [0.1, 0.15) is 0 Å². The van der Waals surface area contributed by atoms with Gasteiger partial charge in [-0.3, -0.25) is 0 Å². The van der Waals surface area contributed by atoms with Crippen molar-refractivity contribution in [3.8, 4) is 11.5 Å². The van der Waals surface area contributed by atoms with E-state index in [1.54, 1.807) is 31.3 Å². The van der Waals surface area contributed by atoms with Gasteiger partial charge in [0, 0.05) is 25.9 Å². The number of hydrogen-bond donors (Lipinski definition) is 0. The standard InChI is InChI=1S/C14H15NO5/c1-15(2)7-10-8-5-11(18-3)12(19-4)6-9(8)13(16)20-14(10)17/h5-7H,1-4H3. The summed E-state index contributed by atoms with van der Waals surface area (Å²) in [7, 11) is 6.51. The molecule has 0 atom stereocenters. The molecule has 0 radical (unpaired) electrons. The molecule has 0 N–H and O–H groups in total. The normalized spacial score (nSPS) is 15.7. The molecule has 0 aliphatic carbocycles. The van der Waals surface area contributed by atoms with Crippen molar-refractivity contribution >= 4 is 17.5 Å². The highest BCUT2D eigenvalue weighted by molar-refractivity contribution is 6.26. The maximum atomic E-state index is 11.8. The fourth-order valence-corrected chi connectivity index (χ4v) is 1.96. The van der Waals surface area contributed by atoms with Crippen LogP contribution in [0.15, 0.2) is 18.3 Å². The first-order chi connectivity index (χ1) is 9.47. The van der Waals surface area contributed by atoms with E-state index in [1.165, 1.54) is 20.3 Å². The van der Waals surface area contributed by atoms with Crippen LogP contribution >= 0.6 is 0 Å². The highest BCUT2D eigenvalue weighted by Gasteiger charge is 2.31. The number of methoxy groups -OCH3 is 2. The molecule has 0 fully saturated rings. The third kappa shape index (κ3) is 2.32. The lowest BCUT2D eigenvalue weighted by Crippen LogP contribution is -2.23. The Morgan fingerprint density at radius 1 is 1.00 bits per heavy atom. The summed E-state index contributed by atoms with van der Waals surface area (Å²) in [4.78, 5) is 25.4. The third-order valence-corrected chi connectivity index (χ3v) is 2.83. The van der Waals surface area contributed by atoms with Gasteiger partial charge in [-0.05, 0) is 12.1 Å². The van der Waals surface area contributed by atoms with E-state index in [9.17, 15) is 9.59 Å². The summed E-state index contributed by atoms with van der Waals surface area (Å²) in [5.74, 6) is -0.523. The monoisotopic (exact) mass is 277 g/mol. The molecule has 0 aromatic heterocycles. The Morgan fingerprint density at radius 2 is 1.55 bits per heavy atom. The minimum atomic E-state index is -0.693. The van der Waals surface area contributed by atoms with Crippen LogP contribution < -0.4 is 9.47 Å². The zero-order valence-electron chi connectivity index (χ0n) is 11.7. The molecule has 0 saturated carbocycles. The van der Waals surface area contributed by atoms with Gasteiger partial charge in [-0.2, -0.15) is 0 Å². The number of hydrogen-bond acceptors (Lipinski definition) is 6. The number of esters is 2. The maximum absolute atomic E-state index is 11.8. The predicted molar refractivity (Wildman–Crippen MR) is 71.6 cm³/mol. The number of carbonyl (C=O) groups excluding carboxylic acids is 2. The molecule has 0 unspecified atom stereocenters. The molecular formula is C14H15NO5. The molecule has 6 nitrogen and oxygen atoms in total. The molecular weight excluding hydrogens is 262 g/mol. The molecule has 1 aromatic rings. The topological polar surface area (TPSA) is 65.1 Å². The molecule has 0 bridgehead atoms. The van der Waals surface area contributed by atoms with Crippen LogP contribution in [0.4, 0.5) is 0 Å². The van der Waals surface area contributed by atoms with Gasteiger partial charge in [0.15, 0.2) is 11.5 Å². The summed E-state index contributed by atoms with van der Waals surface area (Å²) in [6, 6.07) is 3.11. The highest BCUT2D eigenvalue weighted by atomic mass is 16.6. The largest absolute Gasteiger partial charge is 0.493 e. The smallest absolute Gasteiger partial charge is 0.348 e. The Morgan fingerprint density at radius 3 is 2.05 bits per heavy atom. The van der Waals surface area contributed by atoms with Crippen molar-refractivity contribution < 1.29 is 23.8 Å². The summed E-state index contributed by atoms with van der Waals surface area (Å²) in [6.07, 6.45) is 1.60. The van der Waals surface area contributed by atoms with Crippen molar-refractivity contribution in [2.75, 3.05) is 28.3 Å². The number of benzene rings is 1. The van der Waals surface area contributed by atoms with E-state index in [1.807, 2.05) is 0 Å². The Balaban J connectivity index is 2.69. The van der Waals surface area contributed by atoms with Gasteiger partial charge in [0.25, 0.3) is 0 Å². The number of cyclic esters (lactones) is 2. The average Bonchev–Trinajstić information content (AvgIpc) is 2.41. The second-order valence-electron chi connectivity index (χ2n) is 4.44. The summed E-state index contributed by atoms with van der Waals surface area (Å²) in [6.45, 7) is 0. The summed E-state index contributed by atoms with van der Waals surface area (Å²) in [5.41, 5.74) is 1.04. The molecule has 1 aliphatic heterocycles. The number of nitrogens with zero attached hydrogens (tertiary/aromatic N) is 1. The fraction of sp³-hybridized carbons (Fsp3) is 0.286. The molecule has 106 valence electrons. The molecule has 1 aromatic carbocycles. The number of ether oxygens (including phenoxy) is 3. The van der Waals surface area contributed by atoms with Gasteiger partial charge in [-0.1, -0.05) is 0 Å². The molecule has 1 heterocycles. The van der Waals surface area contributed by atoms with Crippen LogP contribution in [-0.4, -0.2) is 45.2 Å². The fourth-order valence-electron chi connectivity index (χ4n) is 1.96. The Kier molecular flexibility index (Phi) is 3.65. The molecule has 20 heavy (non-hydrogen) atoms. The van der Waals surface area contributed by atoms with E-state index >= 15 is 0 Å². The molecule has 0 spiro atoms. The Bertz CT molecular complexity index is 604. The quantitative estimate of drug-likeness (QED) is 0.471. The van der Waals surface area contributed by atoms with Crippen LogP contribution in [0.25, 0.3) is 5.57 Å². The van der Waals surface area contributed by atoms with Crippen molar-refractivity contribution in [1.82, 2.24) is 4.90 Å². The molecule has 6 heteroatoms. The van der Waals surface area contributed by atoms with E-state index in [4.69, 9.17) is 14.2 Å². The van der Waals surface area contributed by atoms with Crippen LogP contribution in [0.5, 0.6) is 11.5 Å². The van der Waals surface area contributed by atoms with Crippen LogP contribution in [0, 0.1) is 0 Å². The van der Waals surface area contributed by atoms with E-state index in [0.717, 1.165) is 0 Å². The van der Waals surface area contributed by atoms with Crippen molar-refractivity contribution in [3.63, 3.8) is 0 Å². The van der Waals surface area contributed by atoms with E-state index in [-0.39, 0.29) is 5.56 Å². The van der Waals surface area contributed by atoms with Crippen molar-refractivity contribution in [1.29, 1.82) is 0 Å². The number of carbonyl (C=O) groups is 2. The Labute approximate surface area is 116 Å². The molecule has 0 amide bonds. The lowest BCUT2D eigenvalue weighted by Gasteiger charge is -2.20. The lowest BCUT2D eigenvalue weighted by atomic mass is 9.97. The van der Waals surface area contributed by atoms with Crippen LogP contribution in [0.3, 0.4) is 0 Å². The SMILES string of the molecule is COc1cc2c(cc1OC)C(=CN(C)C)C(=O)OC2=O. The summed E-state index contributed by atoms with van der Waals surface area (Å²) in [5, 5.41) is 0. The molecule has 1 aliphatic rings. The van der Waals surface area contributed by atoms with Gasteiger partial charge in [0.05, 0.1) is 25.4 Å². The lowest BCUT2D eigenvalue weighted by molar-refractivity contribution is -0.131. The number of fused-ring (bicyclic) bond motifs is 1. The van der Waals surface area contributed by atoms with Crippen molar-refractivity contribution in [2.45, 2.75) is 0 Å². The first-order valence-corrected chi connectivity index (χ1v) is 5.89. The van der Waals surface area contributed by atoms with Gasteiger partial charge >= 0.3 is 11.9 Å². The zero-order valence-corrected chi connectivity index (χ0v) is 11.7. The van der Waals surface area contributed by atoms with Crippen molar-refractivity contribution in [2.24, 2.45) is 0 Å². The van der Waals surface area contributed by atoms with Crippen molar-refractivity contribution in [3.05, 3.63) is 29.5 Å². The minimum absolute atomic E-state index is 0.273. The Hall–Kier alpha value is -2.50. The van der Waals surface area contributed by atoms with Crippen LogP contribution in [0.2, 0.25) is 0 Å². The zero-order chi connectivity index (χ0) is 14.9. The van der Waals surface area contributed by atoms with E-state index in [0.29, 0.717) is 22.6 Å². The second kappa shape index (κ2) is 5.24. The van der Waals surface area contributed by atoms with Gasteiger partial charge < -0.3 is 19.1 Å². The number of rotatable bonds is 3. The van der Waals surface area contributed by atoms with Crippen LogP contribution in [0.1, 0.15) is 15.9 Å². The first-order valence-electron chi connectivity index (χ1n) is 5.89. The molecule has 2 rings (SSSR count). The maximum Gasteiger partial charge on any atom is 0.348 e. The summed E-state index contributed by atoms with van der Waals surface area (Å²) >= 11 is 0. The summed E-state index contributed by atoms with van der Waals surface area (Å²) < 4.78 is 15.1. The third-order valence-electron chi connectivity index (χ3n) is 2.83.